The molecule has 1 N–H and O–H groups in total. The third-order valence-corrected chi connectivity index (χ3v) is 3.68. The van der Waals surface area contributed by atoms with Crippen LogP contribution in [0.1, 0.15) is 34.5 Å². The van der Waals surface area contributed by atoms with E-state index in [1.165, 1.54) is 6.07 Å². The summed E-state index contributed by atoms with van der Waals surface area (Å²) in [6.07, 6.45) is 0. The molecule has 20 heavy (non-hydrogen) atoms. The standard InChI is InChI=1S/C16H15BrFNO/c1-10-3-4-13(9-15(10)18)16(20)19-11(2)12-5-7-14(17)8-6-12/h3-9,11H,1-2H3,(H,19,20)/t11-/m0/s1. The molecule has 0 aliphatic carbocycles. The fraction of sp³-hybridized carbons (Fsp3) is 0.188. The number of nitrogens with one attached hydrogen (secondary N) is 1. The summed E-state index contributed by atoms with van der Waals surface area (Å²) in [5.41, 5.74) is 1.86. The topological polar surface area (TPSA) is 29.1 Å². The second-order valence-corrected chi connectivity index (χ2v) is 5.63. The van der Waals surface area contributed by atoms with E-state index in [-0.39, 0.29) is 17.8 Å². The van der Waals surface area contributed by atoms with Gasteiger partial charge in [0, 0.05) is 10.0 Å². The van der Waals surface area contributed by atoms with Gasteiger partial charge in [0.1, 0.15) is 5.82 Å². The van der Waals surface area contributed by atoms with Crippen LogP contribution in [-0.4, -0.2) is 5.91 Å². The van der Waals surface area contributed by atoms with E-state index < -0.39 is 0 Å². The monoisotopic (exact) mass is 335 g/mol. The number of amides is 1. The quantitative estimate of drug-likeness (QED) is 0.885. The van der Waals surface area contributed by atoms with Gasteiger partial charge >= 0.3 is 0 Å². The highest BCUT2D eigenvalue weighted by Crippen LogP contribution is 2.17. The highest BCUT2D eigenvalue weighted by Gasteiger charge is 2.12. The first-order chi connectivity index (χ1) is 9.47. The average Bonchev–Trinajstić information content (AvgIpc) is 2.42. The van der Waals surface area contributed by atoms with Crippen LogP contribution < -0.4 is 5.32 Å². The van der Waals surface area contributed by atoms with Crippen molar-refractivity contribution in [2.75, 3.05) is 0 Å². The van der Waals surface area contributed by atoms with E-state index in [9.17, 15) is 9.18 Å². The van der Waals surface area contributed by atoms with E-state index in [4.69, 9.17) is 0 Å². The van der Waals surface area contributed by atoms with Gasteiger partial charge in [-0.3, -0.25) is 4.79 Å². The van der Waals surface area contributed by atoms with Crippen molar-refractivity contribution in [1.82, 2.24) is 5.32 Å². The number of rotatable bonds is 3. The number of aryl methyl sites for hydroxylation is 1. The molecule has 1 atom stereocenters. The van der Waals surface area contributed by atoms with Gasteiger partial charge in [0.25, 0.3) is 5.91 Å². The summed E-state index contributed by atoms with van der Waals surface area (Å²) in [6, 6.07) is 12.1. The molecule has 0 aromatic heterocycles. The predicted octanol–water partition coefficient (Wildman–Crippen LogP) is 4.39. The minimum Gasteiger partial charge on any atom is -0.346 e. The van der Waals surface area contributed by atoms with E-state index in [2.05, 4.69) is 21.2 Å². The molecule has 0 aliphatic heterocycles. The number of benzene rings is 2. The van der Waals surface area contributed by atoms with Gasteiger partial charge in [0.2, 0.25) is 0 Å². The summed E-state index contributed by atoms with van der Waals surface area (Å²) in [7, 11) is 0. The molecule has 0 saturated heterocycles. The molecule has 0 bridgehead atoms. The van der Waals surface area contributed by atoms with Crippen LogP contribution in [0.2, 0.25) is 0 Å². The van der Waals surface area contributed by atoms with Crippen molar-refractivity contribution >= 4 is 21.8 Å². The second kappa shape index (κ2) is 6.18. The minimum atomic E-state index is -0.367. The van der Waals surface area contributed by atoms with Crippen LogP contribution in [0.25, 0.3) is 0 Å². The van der Waals surface area contributed by atoms with Gasteiger partial charge in [-0.1, -0.05) is 34.1 Å². The molecule has 104 valence electrons. The average molecular weight is 336 g/mol. The SMILES string of the molecule is Cc1ccc(C(=O)N[C@@H](C)c2ccc(Br)cc2)cc1F. The summed E-state index contributed by atoms with van der Waals surface area (Å²) in [4.78, 5) is 12.1. The number of halogens is 2. The summed E-state index contributed by atoms with van der Waals surface area (Å²) in [5, 5.41) is 2.86. The normalized spacial score (nSPS) is 12.0. The molecule has 0 saturated carbocycles. The van der Waals surface area contributed by atoms with Crippen LogP contribution >= 0.6 is 15.9 Å². The maximum Gasteiger partial charge on any atom is 0.251 e. The van der Waals surface area contributed by atoms with Crippen molar-refractivity contribution in [3.05, 3.63) is 69.4 Å². The van der Waals surface area contributed by atoms with Crippen molar-refractivity contribution < 1.29 is 9.18 Å². The van der Waals surface area contributed by atoms with Crippen LogP contribution in [0, 0.1) is 12.7 Å². The van der Waals surface area contributed by atoms with Crippen LogP contribution in [0.15, 0.2) is 46.9 Å². The smallest absolute Gasteiger partial charge is 0.251 e. The highest BCUT2D eigenvalue weighted by molar-refractivity contribution is 9.10. The summed E-state index contributed by atoms with van der Waals surface area (Å²) < 4.78 is 14.4. The van der Waals surface area contributed by atoms with Crippen LogP contribution in [0.5, 0.6) is 0 Å². The maximum absolute atomic E-state index is 13.5. The molecule has 2 nitrogen and oxygen atoms in total. The maximum atomic E-state index is 13.5. The van der Waals surface area contributed by atoms with E-state index >= 15 is 0 Å². The van der Waals surface area contributed by atoms with E-state index in [1.807, 2.05) is 31.2 Å². The Morgan fingerprint density at radius 2 is 1.85 bits per heavy atom. The fourth-order valence-electron chi connectivity index (χ4n) is 1.85. The lowest BCUT2D eigenvalue weighted by molar-refractivity contribution is 0.0939. The third kappa shape index (κ3) is 3.45. The molecule has 0 aliphatic rings. The molecule has 0 heterocycles. The Hall–Kier alpha value is -1.68. The first kappa shape index (κ1) is 14.7. The lowest BCUT2D eigenvalue weighted by Crippen LogP contribution is -2.26. The lowest BCUT2D eigenvalue weighted by atomic mass is 10.1. The van der Waals surface area contributed by atoms with Crippen LogP contribution in [0.3, 0.4) is 0 Å². The van der Waals surface area contributed by atoms with Crippen molar-refractivity contribution in [2.24, 2.45) is 0 Å². The third-order valence-electron chi connectivity index (χ3n) is 3.15. The zero-order valence-electron chi connectivity index (χ0n) is 11.3. The van der Waals surface area contributed by atoms with E-state index in [1.54, 1.807) is 19.1 Å². The molecule has 0 radical (unpaired) electrons. The molecule has 0 unspecified atom stereocenters. The Morgan fingerprint density at radius 1 is 1.20 bits per heavy atom. The molecule has 4 heteroatoms. The molecule has 2 rings (SSSR count). The van der Waals surface area contributed by atoms with Crippen molar-refractivity contribution in [3.8, 4) is 0 Å². The summed E-state index contributed by atoms with van der Waals surface area (Å²) >= 11 is 3.37. The van der Waals surface area contributed by atoms with E-state index in [0.717, 1.165) is 10.0 Å². The van der Waals surface area contributed by atoms with E-state index in [0.29, 0.717) is 11.1 Å². The lowest BCUT2D eigenvalue weighted by Gasteiger charge is -2.14. The molecular weight excluding hydrogens is 321 g/mol. The number of carbonyl (C=O) groups excluding carboxylic acids is 1. The Kier molecular flexibility index (Phi) is 4.55. The Bertz CT molecular complexity index is 625. The molecule has 2 aromatic carbocycles. The van der Waals surface area contributed by atoms with Gasteiger partial charge in [-0.15, -0.1) is 0 Å². The highest BCUT2D eigenvalue weighted by atomic mass is 79.9. The van der Waals surface area contributed by atoms with Gasteiger partial charge in [-0.25, -0.2) is 4.39 Å². The summed E-state index contributed by atoms with van der Waals surface area (Å²) in [6.45, 7) is 3.56. The van der Waals surface area contributed by atoms with Gasteiger partial charge in [-0.05, 0) is 49.2 Å². The molecule has 2 aromatic rings. The molecule has 0 fully saturated rings. The second-order valence-electron chi connectivity index (χ2n) is 4.71. The van der Waals surface area contributed by atoms with Gasteiger partial charge < -0.3 is 5.32 Å². The van der Waals surface area contributed by atoms with Gasteiger partial charge in [0.05, 0.1) is 6.04 Å². The Balaban J connectivity index is 2.10. The largest absolute Gasteiger partial charge is 0.346 e. The molecule has 1 amide bonds. The Morgan fingerprint density at radius 3 is 2.45 bits per heavy atom. The van der Waals surface area contributed by atoms with Crippen molar-refractivity contribution in [1.29, 1.82) is 0 Å². The zero-order valence-corrected chi connectivity index (χ0v) is 12.9. The number of carbonyl (C=O) groups is 1. The van der Waals surface area contributed by atoms with Gasteiger partial charge in [-0.2, -0.15) is 0 Å². The fourth-order valence-corrected chi connectivity index (χ4v) is 2.11. The molecule has 0 spiro atoms. The molecular formula is C16H15BrFNO. The van der Waals surface area contributed by atoms with Crippen LogP contribution in [-0.2, 0) is 0 Å². The predicted molar refractivity (Wildman–Crippen MR) is 81.2 cm³/mol. The van der Waals surface area contributed by atoms with Crippen molar-refractivity contribution in [2.45, 2.75) is 19.9 Å². The first-order valence-electron chi connectivity index (χ1n) is 6.30. The number of hydrogen-bond acceptors (Lipinski definition) is 1. The van der Waals surface area contributed by atoms with Crippen LogP contribution in [0.4, 0.5) is 4.39 Å². The number of hydrogen-bond donors (Lipinski definition) is 1. The first-order valence-corrected chi connectivity index (χ1v) is 7.09. The van der Waals surface area contributed by atoms with Gasteiger partial charge in [0.15, 0.2) is 0 Å². The zero-order chi connectivity index (χ0) is 14.7. The Labute approximate surface area is 126 Å². The minimum absolute atomic E-state index is 0.139. The van der Waals surface area contributed by atoms with Crippen molar-refractivity contribution in [3.63, 3.8) is 0 Å². The summed E-state index contributed by atoms with van der Waals surface area (Å²) in [5.74, 6) is -0.645.